The van der Waals surface area contributed by atoms with Crippen LogP contribution in [0.5, 0.6) is 11.5 Å². The van der Waals surface area contributed by atoms with Crippen LogP contribution in [0.1, 0.15) is 87.2 Å². The van der Waals surface area contributed by atoms with E-state index in [1.807, 2.05) is 42.5 Å². The molecule has 0 fully saturated rings. The Morgan fingerprint density at radius 3 is 1.72 bits per heavy atom. The Hall–Kier alpha value is -4.98. The van der Waals surface area contributed by atoms with Crippen LogP contribution in [0.4, 0.5) is 5.69 Å². The Labute approximate surface area is 249 Å². The molecule has 0 spiro atoms. The molecule has 2 aliphatic rings. The van der Waals surface area contributed by atoms with Gasteiger partial charge in [-0.05, 0) is 54.7 Å². The second-order valence-electron chi connectivity index (χ2n) is 11.6. The average molecular weight is 577 g/mol. The molecule has 4 amide bonds. The third-order valence-electron chi connectivity index (χ3n) is 7.89. The smallest absolute Gasteiger partial charge is 0.269 e. The summed E-state index contributed by atoms with van der Waals surface area (Å²) in [6, 6.07) is 19.6. The SMILES string of the molecule is CCOc1cc2c3c(c(OCC)cc4c3c1C(=O)N(Cc1ccccc1)C4=O)C(=O)N(c1ccc(C(C)(C)C)cc1)C2=O. The maximum atomic E-state index is 14.2. The van der Waals surface area contributed by atoms with E-state index in [4.69, 9.17) is 9.47 Å². The van der Waals surface area contributed by atoms with E-state index in [1.165, 1.54) is 17.0 Å². The molecule has 8 heteroatoms. The lowest BCUT2D eigenvalue weighted by molar-refractivity contribution is 0.0593. The van der Waals surface area contributed by atoms with E-state index in [-0.39, 0.29) is 69.7 Å². The number of carbonyl (C=O) groups is 4. The van der Waals surface area contributed by atoms with Crippen LogP contribution in [0, 0.1) is 0 Å². The zero-order valence-electron chi connectivity index (χ0n) is 24.8. The summed E-state index contributed by atoms with van der Waals surface area (Å²) in [6.07, 6.45) is 0. The topological polar surface area (TPSA) is 93.2 Å². The van der Waals surface area contributed by atoms with E-state index in [1.54, 1.807) is 26.0 Å². The van der Waals surface area contributed by atoms with Gasteiger partial charge in [0, 0.05) is 10.8 Å². The molecule has 0 N–H and O–H groups in total. The number of hydrogen-bond donors (Lipinski definition) is 0. The van der Waals surface area contributed by atoms with Gasteiger partial charge in [-0.1, -0.05) is 63.2 Å². The van der Waals surface area contributed by atoms with Crippen LogP contribution >= 0.6 is 0 Å². The van der Waals surface area contributed by atoms with Crippen molar-refractivity contribution in [3.05, 3.63) is 100 Å². The predicted molar refractivity (Wildman–Crippen MR) is 163 cm³/mol. The summed E-state index contributed by atoms with van der Waals surface area (Å²) in [7, 11) is 0. The second-order valence-corrected chi connectivity index (χ2v) is 11.6. The van der Waals surface area contributed by atoms with Crippen LogP contribution in [0.2, 0.25) is 0 Å². The number of nitrogens with zero attached hydrogens (tertiary/aromatic N) is 2. The molecule has 8 nitrogen and oxygen atoms in total. The summed E-state index contributed by atoms with van der Waals surface area (Å²) in [5.74, 6) is -1.88. The van der Waals surface area contributed by atoms with Crippen LogP contribution in [-0.4, -0.2) is 41.7 Å². The first-order valence-corrected chi connectivity index (χ1v) is 14.4. The normalized spacial score (nSPS) is 14.5. The molecule has 6 rings (SSSR count). The highest BCUT2D eigenvalue weighted by Crippen LogP contribution is 2.46. The molecule has 4 aromatic carbocycles. The van der Waals surface area contributed by atoms with Crippen molar-refractivity contribution >= 4 is 40.1 Å². The Bertz CT molecular complexity index is 1820. The maximum Gasteiger partial charge on any atom is 0.269 e. The fourth-order valence-corrected chi connectivity index (χ4v) is 5.84. The van der Waals surface area contributed by atoms with E-state index in [0.29, 0.717) is 5.69 Å². The average Bonchev–Trinajstić information content (AvgIpc) is 2.98. The van der Waals surface area contributed by atoms with E-state index in [0.717, 1.165) is 16.0 Å². The largest absolute Gasteiger partial charge is 0.493 e. The Morgan fingerprint density at radius 1 is 0.651 bits per heavy atom. The van der Waals surface area contributed by atoms with E-state index < -0.39 is 23.6 Å². The molecule has 0 aromatic heterocycles. The van der Waals surface area contributed by atoms with Gasteiger partial charge in [0.1, 0.15) is 11.5 Å². The number of rotatable bonds is 7. The Morgan fingerprint density at radius 2 is 1.19 bits per heavy atom. The fourth-order valence-electron chi connectivity index (χ4n) is 5.84. The van der Waals surface area contributed by atoms with Gasteiger partial charge in [-0.3, -0.25) is 24.1 Å². The highest BCUT2D eigenvalue weighted by atomic mass is 16.5. The molecule has 0 aliphatic carbocycles. The first-order chi connectivity index (χ1) is 20.6. The summed E-state index contributed by atoms with van der Waals surface area (Å²) in [5.41, 5.74) is 2.75. The fraction of sp³-hybridized carbons (Fsp3) is 0.257. The minimum atomic E-state index is -0.585. The van der Waals surface area contributed by atoms with E-state index in [2.05, 4.69) is 20.8 Å². The molecule has 0 saturated heterocycles. The third-order valence-corrected chi connectivity index (χ3v) is 7.89. The molecule has 0 saturated carbocycles. The van der Waals surface area contributed by atoms with Gasteiger partial charge in [-0.15, -0.1) is 0 Å². The zero-order valence-corrected chi connectivity index (χ0v) is 24.8. The molecule has 0 atom stereocenters. The van der Waals surface area contributed by atoms with Gasteiger partial charge in [0.2, 0.25) is 0 Å². The van der Waals surface area contributed by atoms with E-state index >= 15 is 0 Å². The lowest BCUT2D eigenvalue weighted by Crippen LogP contribution is -2.43. The molecule has 2 aliphatic heterocycles. The van der Waals surface area contributed by atoms with Gasteiger partial charge < -0.3 is 9.47 Å². The van der Waals surface area contributed by atoms with Gasteiger partial charge >= 0.3 is 0 Å². The third kappa shape index (κ3) is 4.45. The predicted octanol–water partition coefficient (Wildman–Crippen LogP) is 6.53. The van der Waals surface area contributed by atoms with Crippen molar-refractivity contribution in [2.24, 2.45) is 0 Å². The van der Waals surface area contributed by atoms with Gasteiger partial charge in [-0.25, -0.2) is 4.90 Å². The number of anilines is 1. The van der Waals surface area contributed by atoms with Crippen LogP contribution < -0.4 is 14.4 Å². The summed E-state index contributed by atoms with van der Waals surface area (Å²) in [4.78, 5) is 58.6. The maximum absolute atomic E-state index is 14.2. The van der Waals surface area contributed by atoms with Crippen LogP contribution in [0.25, 0.3) is 10.8 Å². The van der Waals surface area contributed by atoms with Crippen molar-refractivity contribution in [3.63, 3.8) is 0 Å². The number of imide groups is 2. The Balaban J connectivity index is 1.59. The van der Waals surface area contributed by atoms with E-state index in [9.17, 15) is 19.2 Å². The minimum Gasteiger partial charge on any atom is -0.493 e. The molecule has 0 bridgehead atoms. The van der Waals surface area contributed by atoms with Gasteiger partial charge in [-0.2, -0.15) is 0 Å². The standard InChI is InChI=1S/C35H32N2O6/c1-6-42-25-18-24-28-27-23(31(38)36(33(40)29(25)27)19-20-11-9-8-10-12-20)17-26(43-7-2)30(28)34(41)37(32(24)39)22-15-13-21(14-16-22)35(3,4)5/h8-18H,6-7,19H2,1-5H3. The molecular weight excluding hydrogens is 544 g/mol. The van der Waals surface area contributed by atoms with Crippen molar-refractivity contribution < 1.29 is 28.7 Å². The van der Waals surface area contributed by atoms with Crippen molar-refractivity contribution in [1.29, 1.82) is 0 Å². The van der Waals surface area contributed by atoms with Crippen molar-refractivity contribution in [2.75, 3.05) is 18.1 Å². The number of benzene rings is 4. The van der Waals surface area contributed by atoms with Crippen LogP contribution in [0.15, 0.2) is 66.7 Å². The molecule has 2 heterocycles. The van der Waals surface area contributed by atoms with Gasteiger partial charge in [0.15, 0.2) is 0 Å². The number of ether oxygens (including phenoxy) is 2. The quantitative estimate of drug-likeness (QED) is 0.232. The van der Waals surface area contributed by atoms with Gasteiger partial charge in [0.25, 0.3) is 23.6 Å². The van der Waals surface area contributed by atoms with Crippen molar-refractivity contribution in [2.45, 2.75) is 46.6 Å². The molecule has 218 valence electrons. The second kappa shape index (κ2) is 10.4. The monoisotopic (exact) mass is 576 g/mol. The lowest BCUT2D eigenvalue weighted by atomic mass is 9.84. The summed E-state index contributed by atoms with van der Waals surface area (Å²) in [6.45, 7) is 10.3. The highest BCUT2D eigenvalue weighted by Gasteiger charge is 2.44. The molecule has 43 heavy (non-hydrogen) atoms. The van der Waals surface area contributed by atoms with Crippen LogP contribution in [0.3, 0.4) is 0 Å². The van der Waals surface area contributed by atoms with Gasteiger partial charge in [0.05, 0.1) is 47.7 Å². The minimum absolute atomic E-state index is 0.0503. The van der Waals surface area contributed by atoms with Crippen molar-refractivity contribution in [3.8, 4) is 11.5 Å². The first-order valence-electron chi connectivity index (χ1n) is 14.4. The molecule has 0 radical (unpaired) electrons. The Kier molecular flexibility index (Phi) is 6.80. The summed E-state index contributed by atoms with van der Waals surface area (Å²) in [5, 5.41) is 0.473. The highest BCUT2D eigenvalue weighted by molar-refractivity contribution is 6.40. The summed E-state index contributed by atoms with van der Waals surface area (Å²) < 4.78 is 11.9. The number of hydrogen-bond acceptors (Lipinski definition) is 6. The van der Waals surface area contributed by atoms with Crippen molar-refractivity contribution in [1.82, 2.24) is 4.90 Å². The number of amides is 4. The molecule has 0 unspecified atom stereocenters. The van der Waals surface area contributed by atoms with Crippen LogP contribution in [-0.2, 0) is 12.0 Å². The summed E-state index contributed by atoms with van der Waals surface area (Å²) >= 11 is 0. The number of carbonyl (C=O) groups excluding carboxylic acids is 4. The lowest BCUT2D eigenvalue weighted by Gasteiger charge is -2.34. The molecule has 4 aromatic rings. The first kappa shape index (κ1) is 28.2. The molecular formula is C35H32N2O6. The zero-order chi connectivity index (χ0) is 30.6.